The molecule has 112 valence electrons. The SMILES string of the molecule is CC(CN1CCCC1)NCc1ccc(-n2ccnc2)cc1. The fraction of sp³-hybridized carbons (Fsp3) is 0.471. The van der Waals surface area contributed by atoms with Gasteiger partial charge in [0.1, 0.15) is 0 Å². The third-order valence-electron chi connectivity index (χ3n) is 4.12. The maximum Gasteiger partial charge on any atom is 0.0991 e. The zero-order valence-corrected chi connectivity index (χ0v) is 12.7. The van der Waals surface area contributed by atoms with E-state index in [9.17, 15) is 0 Å². The van der Waals surface area contributed by atoms with Gasteiger partial charge in [-0.15, -0.1) is 0 Å². The zero-order valence-electron chi connectivity index (χ0n) is 12.7. The Morgan fingerprint density at radius 2 is 1.95 bits per heavy atom. The average molecular weight is 284 g/mol. The van der Waals surface area contributed by atoms with Crippen molar-refractivity contribution >= 4 is 0 Å². The van der Waals surface area contributed by atoms with Crippen LogP contribution in [0.2, 0.25) is 0 Å². The maximum atomic E-state index is 4.08. The first-order valence-electron chi connectivity index (χ1n) is 7.84. The van der Waals surface area contributed by atoms with Crippen LogP contribution in [0.1, 0.15) is 25.3 Å². The van der Waals surface area contributed by atoms with Crippen LogP contribution >= 0.6 is 0 Å². The number of imidazole rings is 1. The highest BCUT2D eigenvalue weighted by molar-refractivity contribution is 5.34. The molecule has 4 nitrogen and oxygen atoms in total. The second-order valence-electron chi connectivity index (χ2n) is 5.93. The number of hydrogen-bond donors (Lipinski definition) is 1. The molecule has 1 atom stereocenters. The van der Waals surface area contributed by atoms with Crippen LogP contribution in [0.4, 0.5) is 0 Å². The van der Waals surface area contributed by atoms with E-state index < -0.39 is 0 Å². The lowest BCUT2D eigenvalue weighted by atomic mass is 10.2. The van der Waals surface area contributed by atoms with Crippen molar-refractivity contribution in [2.75, 3.05) is 19.6 Å². The number of nitrogens with zero attached hydrogens (tertiary/aromatic N) is 3. The topological polar surface area (TPSA) is 33.1 Å². The molecule has 0 saturated carbocycles. The van der Waals surface area contributed by atoms with Crippen LogP contribution in [0, 0.1) is 0 Å². The first kappa shape index (κ1) is 14.3. The Bertz CT molecular complexity index is 526. The summed E-state index contributed by atoms with van der Waals surface area (Å²) in [4.78, 5) is 6.63. The lowest BCUT2D eigenvalue weighted by Gasteiger charge is -2.21. The molecule has 1 saturated heterocycles. The highest BCUT2D eigenvalue weighted by atomic mass is 15.2. The Hall–Kier alpha value is -1.65. The van der Waals surface area contributed by atoms with Crippen molar-refractivity contribution in [2.24, 2.45) is 0 Å². The number of hydrogen-bond acceptors (Lipinski definition) is 3. The van der Waals surface area contributed by atoms with E-state index in [4.69, 9.17) is 0 Å². The summed E-state index contributed by atoms with van der Waals surface area (Å²) in [6, 6.07) is 9.19. The summed E-state index contributed by atoms with van der Waals surface area (Å²) >= 11 is 0. The molecule has 21 heavy (non-hydrogen) atoms. The molecule has 1 aliphatic rings. The van der Waals surface area contributed by atoms with Crippen molar-refractivity contribution in [1.82, 2.24) is 19.8 Å². The zero-order chi connectivity index (χ0) is 14.5. The summed E-state index contributed by atoms with van der Waals surface area (Å²) in [6.07, 6.45) is 8.32. The predicted octanol–water partition coefficient (Wildman–Crippen LogP) is 2.45. The highest BCUT2D eigenvalue weighted by Crippen LogP contribution is 2.10. The summed E-state index contributed by atoms with van der Waals surface area (Å²) < 4.78 is 2.02. The van der Waals surface area contributed by atoms with Crippen LogP contribution in [0.25, 0.3) is 5.69 Å². The summed E-state index contributed by atoms with van der Waals surface area (Å²) in [6.45, 7) is 6.90. The van der Waals surface area contributed by atoms with Crippen LogP contribution < -0.4 is 5.32 Å². The Kier molecular flexibility index (Phi) is 4.68. The molecule has 0 spiro atoms. The van der Waals surface area contributed by atoms with Gasteiger partial charge in [0.25, 0.3) is 0 Å². The van der Waals surface area contributed by atoms with Gasteiger partial charge in [0.15, 0.2) is 0 Å². The lowest BCUT2D eigenvalue weighted by Crippen LogP contribution is -2.37. The highest BCUT2D eigenvalue weighted by Gasteiger charge is 2.14. The number of nitrogens with one attached hydrogen (secondary N) is 1. The molecule has 0 amide bonds. The molecule has 1 unspecified atom stereocenters. The Labute approximate surface area is 126 Å². The second kappa shape index (κ2) is 6.87. The standard InChI is InChI=1S/C17H24N4/c1-15(13-20-9-2-3-10-20)19-12-16-4-6-17(7-5-16)21-11-8-18-14-21/h4-8,11,14-15,19H,2-3,9-10,12-13H2,1H3. The normalized spacial score (nSPS) is 17.2. The van der Waals surface area contributed by atoms with E-state index >= 15 is 0 Å². The largest absolute Gasteiger partial charge is 0.309 e. The van der Waals surface area contributed by atoms with Crippen LogP contribution in [0.15, 0.2) is 43.0 Å². The van der Waals surface area contributed by atoms with E-state index in [2.05, 4.69) is 46.4 Å². The van der Waals surface area contributed by atoms with E-state index in [1.165, 1.54) is 31.5 Å². The number of rotatable bonds is 6. The third-order valence-corrected chi connectivity index (χ3v) is 4.12. The Morgan fingerprint density at radius 3 is 2.62 bits per heavy atom. The van der Waals surface area contributed by atoms with Gasteiger partial charge in [-0.3, -0.25) is 0 Å². The van der Waals surface area contributed by atoms with Gasteiger partial charge in [-0.1, -0.05) is 12.1 Å². The number of likely N-dealkylation sites (tertiary alicyclic amines) is 1. The van der Waals surface area contributed by atoms with E-state index in [-0.39, 0.29) is 0 Å². The first-order chi connectivity index (χ1) is 10.3. The summed E-state index contributed by atoms with van der Waals surface area (Å²) in [5, 5.41) is 3.62. The molecule has 1 aromatic carbocycles. The van der Waals surface area contributed by atoms with Crippen molar-refractivity contribution in [3.63, 3.8) is 0 Å². The van der Waals surface area contributed by atoms with E-state index in [0.29, 0.717) is 6.04 Å². The quantitative estimate of drug-likeness (QED) is 0.884. The second-order valence-corrected chi connectivity index (χ2v) is 5.93. The molecule has 0 aliphatic carbocycles. The van der Waals surface area contributed by atoms with E-state index in [0.717, 1.165) is 18.8 Å². The molecule has 1 fully saturated rings. The van der Waals surface area contributed by atoms with Crippen molar-refractivity contribution in [2.45, 2.75) is 32.4 Å². The van der Waals surface area contributed by atoms with Gasteiger partial charge in [-0.25, -0.2) is 4.98 Å². The molecule has 4 heteroatoms. The van der Waals surface area contributed by atoms with Gasteiger partial charge < -0.3 is 14.8 Å². The third kappa shape index (κ3) is 3.93. The van der Waals surface area contributed by atoms with Gasteiger partial charge in [0.2, 0.25) is 0 Å². The predicted molar refractivity (Wildman–Crippen MR) is 85.5 cm³/mol. The monoisotopic (exact) mass is 284 g/mol. The molecule has 0 radical (unpaired) electrons. The van der Waals surface area contributed by atoms with Gasteiger partial charge in [-0.2, -0.15) is 0 Å². The fourth-order valence-corrected chi connectivity index (χ4v) is 2.91. The summed E-state index contributed by atoms with van der Waals surface area (Å²) in [5.41, 5.74) is 2.48. The van der Waals surface area contributed by atoms with Crippen LogP contribution in [-0.4, -0.2) is 40.1 Å². The van der Waals surface area contributed by atoms with Gasteiger partial charge in [0, 0.05) is 37.2 Å². The molecule has 2 heterocycles. The molecule has 3 rings (SSSR count). The molecule has 1 aliphatic heterocycles. The first-order valence-corrected chi connectivity index (χ1v) is 7.84. The summed E-state index contributed by atoms with van der Waals surface area (Å²) in [5.74, 6) is 0. The maximum absolute atomic E-state index is 4.08. The molecular formula is C17H24N4. The smallest absolute Gasteiger partial charge is 0.0991 e. The fourth-order valence-electron chi connectivity index (χ4n) is 2.91. The average Bonchev–Trinajstić information content (AvgIpc) is 3.19. The number of benzene rings is 1. The molecule has 1 aromatic heterocycles. The van der Waals surface area contributed by atoms with E-state index in [1.54, 1.807) is 6.20 Å². The van der Waals surface area contributed by atoms with Crippen molar-refractivity contribution in [3.8, 4) is 5.69 Å². The van der Waals surface area contributed by atoms with Crippen LogP contribution in [-0.2, 0) is 6.54 Å². The van der Waals surface area contributed by atoms with Gasteiger partial charge in [-0.05, 0) is 50.6 Å². The van der Waals surface area contributed by atoms with Crippen molar-refractivity contribution in [3.05, 3.63) is 48.5 Å². The Morgan fingerprint density at radius 1 is 1.19 bits per heavy atom. The van der Waals surface area contributed by atoms with Gasteiger partial charge >= 0.3 is 0 Å². The van der Waals surface area contributed by atoms with Crippen LogP contribution in [0.5, 0.6) is 0 Å². The lowest BCUT2D eigenvalue weighted by molar-refractivity contribution is 0.298. The molecule has 1 N–H and O–H groups in total. The van der Waals surface area contributed by atoms with Crippen molar-refractivity contribution < 1.29 is 0 Å². The minimum Gasteiger partial charge on any atom is -0.309 e. The van der Waals surface area contributed by atoms with Gasteiger partial charge in [0.05, 0.1) is 6.33 Å². The number of aromatic nitrogens is 2. The van der Waals surface area contributed by atoms with Crippen molar-refractivity contribution in [1.29, 1.82) is 0 Å². The molecular weight excluding hydrogens is 260 g/mol. The van der Waals surface area contributed by atoms with Crippen LogP contribution in [0.3, 0.4) is 0 Å². The minimum absolute atomic E-state index is 0.538. The Balaban J connectivity index is 1.48. The van der Waals surface area contributed by atoms with E-state index in [1.807, 2.05) is 17.1 Å². The summed E-state index contributed by atoms with van der Waals surface area (Å²) in [7, 11) is 0. The molecule has 0 bridgehead atoms. The minimum atomic E-state index is 0.538. The molecule has 2 aromatic rings.